The maximum absolute atomic E-state index is 4.21. The first-order chi connectivity index (χ1) is 10.6. The summed E-state index contributed by atoms with van der Waals surface area (Å²) in [5, 5.41) is 0. The lowest BCUT2D eigenvalue weighted by Gasteiger charge is -2.38. The molecule has 0 bridgehead atoms. The van der Waals surface area contributed by atoms with Crippen LogP contribution in [0.5, 0.6) is 0 Å². The van der Waals surface area contributed by atoms with Gasteiger partial charge in [-0.2, -0.15) is 0 Å². The Morgan fingerprint density at radius 1 is 1.32 bits per heavy atom. The molecule has 1 nitrogen and oxygen atoms in total. The van der Waals surface area contributed by atoms with Gasteiger partial charge in [0.1, 0.15) is 0 Å². The fourth-order valence-corrected chi connectivity index (χ4v) is 3.48. The van der Waals surface area contributed by atoms with E-state index in [1.165, 1.54) is 41.6 Å². The van der Waals surface area contributed by atoms with Crippen LogP contribution in [-0.2, 0) is 0 Å². The summed E-state index contributed by atoms with van der Waals surface area (Å²) in [5.74, 6) is 1.48. The van der Waals surface area contributed by atoms with Crippen LogP contribution in [0, 0.1) is 18.8 Å². The third-order valence-electron chi connectivity index (χ3n) is 5.06. The van der Waals surface area contributed by atoms with Crippen LogP contribution >= 0.6 is 0 Å². The highest BCUT2D eigenvalue weighted by Crippen LogP contribution is 2.41. The minimum atomic E-state index is 0.668. The Kier molecular flexibility index (Phi) is 4.06. The van der Waals surface area contributed by atoms with E-state index in [9.17, 15) is 0 Å². The summed E-state index contributed by atoms with van der Waals surface area (Å²) in [4.78, 5) is 2.37. The van der Waals surface area contributed by atoms with Crippen LogP contribution < -0.4 is 4.90 Å². The normalized spacial score (nSPS) is 23.0. The van der Waals surface area contributed by atoms with Crippen molar-refractivity contribution in [1.82, 2.24) is 0 Å². The molecule has 1 saturated carbocycles. The summed E-state index contributed by atoms with van der Waals surface area (Å²) < 4.78 is 0. The molecule has 22 heavy (non-hydrogen) atoms. The monoisotopic (exact) mass is 291 g/mol. The summed E-state index contributed by atoms with van der Waals surface area (Å²) in [6.45, 7) is 15.3. The maximum atomic E-state index is 4.21. The quantitative estimate of drug-likeness (QED) is 0.647. The molecule has 3 rings (SSSR count). The molecule has 0 spiro atoms. The number of fused-ring (bicyclic) bond motifs is 1. The number of aryl methyl sites for hydroxylation is 1. The molecular weight excluding hydrogens is 266 g/mol. The van der Waals surface area contributed by atoms with Gasteiger partial charge >= 0.3 is 0 Å². The first-order valence-corrected chi connectivity index (χ1v) is 8.15. The van der Waals surface area contributed by atoms with Gasteiger partial charge in [-0.05, 0) is 61.3 Å². The van der Waals surface area contributed by atoms with E-state index in [0.29, 0.717) is 5.92 Å². The van der Waals surface area contributed by atoms with E-state index in [1.54, 1.807) is 0 Å². The predicted molar refractivity (Wildman–Crippen MR) is 96.9 cm³/mol. The second kappa shape index (κ2) is 6.00. The molecule has 1 aliphatic heterocycles. The van der Waals surface area contributed by atoms with Crippen molar-refractivity contribution in [2.75, 3.05) is 11.4 Å². The van der Waals surface area contributed by atoms with Crippen molar-refractivity contribution in [2.45, 2.75) is 26.2 Å². The summed E-state index contributed by atoms with van der Waals surface area (Å²) in [6, 6.07) is 6.65. The predicted octanol–water partition coefficient (Wildman–Crippen LogP) is 5.50. The van der Waals surface area contributed by atoms with Gasteiger partial charge in [0.25, 0.3) is 0 Å². The zero-order valence-electron chi connectivity index (χ0n) is 13.5. The number of rotatable bonds is 5. The molecule has 0 amide bonds. The minimum Gasteiger partial charge on any atom is -0.342 e. The Labute approximate surface area is 134 Å². The molecule has 0 N–H and O–H groups in total. The lowest BCUT2D eigenvalue weighted by molar-refractivity contribution is 0.220. The zero-order valence-corrected chi connectivity index (χ0v) is 13.5. The summed E-state index contributed by atoms with van der Waals surface area (Å²) in [6.07, 6.45) is 9.96. The van der Waals surface area contributed by atoms with E-state index < -0.39 is 0 Å². The molecule has 0 saturated heterocycles. The van der Waals surface area contributed by atoms with E-state index in [4.69, 9.17) is 0 Å². The molecule has 1 fully saturated rings. The number of hydrogen-bond donors (Lipinski definition) is 0. The average molecular weight is 291 g/mol. The van der Waals surface area contributed by atoms with Gasteiger partial charge in [-0.25, -0.2) is 0 Å². The van der Waals surface area contributed by atoms with Crippen LogP contribution in [0.2, 0.25) is 0 Å². The third-order valence-corrected chi connectivity index (χ3v) is 5.06. The fraction of sp³-hybridized carbons (Fsp3) is 0.333. The van der Waals surface area contributed by atoms with Crippen LogP contribution in [0.25, 0.3) is 6.08 Å². The molecule has 0 radical (unpaired) electrons. The summed E-state index contributed by atoms with van der Waals surface area (Å²) >= 11 is 0. The number of hydrogen-bond acceptors (Lipinski definition) is 1. The highest BCUT2D eigenvalue weighted by atomic mass is 15.1. The topological polar surface area (TPSA) is 3.24 Å². The highest BCUT2D eigenvalue weighted by Gasteiger charge is 2.30. The lowest BCUT2D eigenvalue weighted by atomic mass is 9.70. The van der Waals surface area contributed by atoms with E-state index in [1.807, 2.05) is 6.08 Å². The van der Waals surface area contributed by atoms with Gasteiger partial charge in [-0.1, -0.05) is 49.6 Å². The molecule has 1 heteroatoms. The second-order valence-electron chi connectivity index (χ2n) is 6.64. The third kappa shape index (κ3) is 2.81. The van der Waals surface area contributed by atoms with Gasteiger partial charge < -0.3 is 4.90 Å². The average Bonchev–Trinajstić information content (AvgIpc) is 2.47. The molecule has 0 unspecified atom stereocenters. The van der Waals surface area contributed by atoms with E-state index >= 15 is 0 Å². The highest BCUT2D eigenvalue weighted by molar-refractivity contribution is 5.76. The number of allylic oxidation sites excluding steroid dienone is 3. The van der Waals surface area contributed by atoms with Crippen LogP contribution in [0.1, 0.15) is 30.4 Å². The molecular formula is C21H25N. The van der Waals surface area contributed by atoms with Crippen LogP contribution in [-0.4, -0.2) is 6.54 Å². The van der Waals surface area contributed by atoms with Crippen LogP contribution in [0.15, 0.2) is 61.4 Å². The largest absolute Gasteiger partial charge is 0.342 e. The number of benzene rings is 1. The Balaban J connectivity index is 1.63. The molecule has 2 aliphatic rings. The summed E-state index contributed by atoms with van der Waals surface area (Å²) in [5.41, 5.74) is 6.22. The second-order valence-corrected chi connectivity index (χ2v) is 6.64. The van der Waals surface area contributed by atoms with E-state index in [-0.39, 0.29) is 0 Å². The Bertz CT molecular complexity index is 644. The van der Waals surface area contributed by atoms with Gasteiger partial charge in [0.05, 0.1) is 0 Å². The molecule has 1 aliphatic carbocycles. The van der Waals surface area contributed by atoms with Crippen LogP contribution in [0.4, 0.5) is 5.69 Å². The van der Waals surface area contributed by atoms with E-state index in [2.05, 4.69) is 61.9 Å². The van der Waals surface area contributed by atoms with Gasteiger partial charge in [0, 0.05) is 17.9 Å². The first kappa shape index (κ1) is 14.9. The molecule has 0 atom stereocenters. The molecule has 1 heterocycles. The molecule has 114 valence electrons. The van der Waals surface area contributed by atoms with Crippen molar-refractivity contribution in [3.05, 3.63) is 72.5 Å². The molecule has 1 aromatic rings. The standard InChI is InChI=1S/C21H25N/c1-5-16(3)20-13-18(14-20)10-11-22-17(4)7-9-19-8-6-15(2)12-21(19)22/h5-9,12,18,20H,1,3-4,10-11,13-14H2,2H3. The smallest absolute Gasteiger partial charge is 0.0486 e. The van der Waals surface area contributed by atoms with Crippen molar-refractivity contribution < 1.29 is 0 Å². The Hall–Kier alpha value is -2.02. The Morgan fingerprint density at radius 3 is 2.82 bits per heavy atom. The zero-order chi connectivity index (χ0) is 15.7. The molecule has 1 aromatic carbocycles. The van der Waals surface area contributed by atoms with Crippen molar-refractivity contribution >= 4 is 11.8 Å². The van der Waals surface area contributed by atoms with Crippen molar-refractivity contribution in [3.8, 4) is 0 Å². The lowest BCUT2D eigenvalue weighted by Crippen LogP contribution is -2.31. The SMILES string of the molecule is C=CC(=C)C1CC(CCN2C(=C)C=Cc3ccc(C)cc32)C1. The van der Waals surface area contributed by atoms with Gasteiger partial charge in [0.15, 0.2) is 0 Å². The minimum absolute atomic E-state index is 0.668. The molecule has 0 aromatic heterocycles. The fourth-order valence-electron chi connectivity index (χ4n) is 3.48. The van der Waals surface area contributed by atoms with E-state index in [0.717, 1.165) is 18.2 Å². The first-order valence-electron chi connectivity index (χ1n) is 8.15. The van der Waals surface area contributed by atoms with Gasteiger partial charge in [-0.15, -0.1) is 0 Å². The summed E-state index contributed by atoms with van der Waals surface area (Å²) in [7, 11) is 0. The van der Waals surface area contributed by atoms with Gasteiger partial charge in [0.2, 0.25) is 0 Å². The number of nitrogens with zero attached hydrogens (tertiary/aromatic N) is 1. The van der Waals surface area contributed by atoms with Crippen molar-refractivity contribution in [1.29, 1.82) is 0 Å². The van der Waals surface area contributed by atoms with Crippen molar-refractivity contribution in [2.24, 2.45) is 11.8 Å². The number of anilines is 1. The maximum Gasteiger partial charge on any atom is 0.0486 e. The van der Waals surface area contributed by atoms with Crippen molar-refractivity contribution in [3.63, 3.8) is 0 Å². The Morgan fingerprint density at radius 2 is 2.09 bits per heavy atom. The van der Waals surface area contributed by atoms with Gasteiger partial charge in [-0.3, -0.25) is 0 Å². The van der Waals surface area contributed by atoms with Crippen LogP contribution in [0.3, 0.4) is 0 Å².